The van der Waals surface area contributed by atoms with Crippen LogP contribution in [0.2, 0.25) is 10.0 Å². The first-order valence-corrected chi connectivity index (χ1v) is 8.18. The zero-order chi connectivity index (χ0) is 17.7. The lowest BCUT2D eigenvalue weighted by Crippen LogP contribution is -2.22. The molecule has 0 saturated heterocycles. The van der Waals surface area contributed by atoms with Crippen molar-refractivity contribution in [2.24, 2.45) is 0 Å². The summed E-state index contributed by atoms with van der Waals surface area (Å²) in [6, 6.07) is 12.2. The number of carbonyl (C=O) groups excluding carboxylic acids is 2. The SMILES string of the molecule is CN(C)C(=O)c1ccc(Cl)c(NC(=O)CCc2ccccc2Cl)c1. The molecule has 6 heteroatoms. The Labute approximate surface area is 151 Å². The zero-order valence-corrected chi connectivity index (χ0v) is 15.0. The van der Waals surface area contributed by atoms with E-state index >= 15 is 0 Å². The minimum Gasteiger partial charge on any atom is -0.345 e. The predicted molar refractivity (Wildman–Crippen MR) is 97.9 cm³/mol. The minimum absolute atomic E-state index is 0.154. The predicted octanol–water partition coefficient (Wildman–Crippen LogP) is 4.27. The second-order valence-electron chi connectivity index (χ2n) is 5.53. The fraction of sp³-hybridized carbons (Fsp3) is 0.222. The summed E-state index contributed by atoms with van der Waals surface area (Å²) in [5, 5.41) is 3.78. The largest absolute Gasteiger partial charge is 0.345 e. The first-order valence-electron chi connectivity index (χ1n) is 7.43. The van der Waals surface area contributed by atoms with Gasteiger partial charge >= 0.3 is 0 Å². The number of carbonyl (C=O) groups is 2. The van der Waals surface area contributed by atoms with Crippen LogP contribution in [-0.4, -0.2) is 30.8 Å². The Morgan fingerprint density at radius 1 is 1.04 bits per heavy atom. The molecule has 0 heterocycles. The molecule has 0 fully saturated rings. The van der Waals surface area contributed by atoms with Crippen LogP contribution in [0.3, 0.4) is 0 Å². The van der Waals surface area contributed by atoms with Crippen molar-refractivity contribution in [2.45, 2.75) is 12.8 Å². The van der Waals surface area contributed by atoms with E-state index in [2.05, 4.69) is 5.32 Å². The van der Waals surface area contributed by atoms with Crippen molar-refractivity contribution in [3.63, 3.8) is 0 Å². The van der Waals surface area contributed by atoms with Gasteiger partial charge < -0.3 is 10.2 Å². The maximum absolute atomic E-state index is 12.2. The van der Waals surface area contributed by atoms with Crippen molar-refractivity contribution >= 4 is 40.7 Å². The van der Waals surface area contributed by atoms with Crippen LogP contribution in [0.1, 0.15) is 22.3 Å². The highest BCUT2D eigenvalue weighted by Crippen LogP contribution is 2.24. The molecule has 0 aliphatic heterocycles. The summed E-state index contributed by atoms with van der Waals surface area (Å²) >= 11 is 12.2. The Morgan fingerprint density at radius 3 is 2.42 bits per heavy atom. The van der Waals surface area contributed by atoms with E-state index in [4.69, 9.17) is 23.2 Å². The van der Waals surface area contributed by atoms with Crippen LogP contribution in [0, 0.1) is 0 Å². The van der Waals surface area contributed by atoms with Gasteiger partial charge in [-0.3, -0.25) is 9.59 Å². The summed E-state index contributed by atoms with van der Waals surface area (Å²) in [7, 11) is 3.33. The van der Waals surface area contributed by atoms with Crippen LogP contribution in [0.4, 0.5) is 5.69 Å². The standard InChI is InChI=1S/C18H18Cl2N2O2/c1-22(2)18(24)13-7-9-15(20)16(11-13)21-17(23)10-8-12-5-3-4-6-14(12)19/h3-7,9,11H,8,10H2,1-2H3,(H,21,23). The first kappa shape index (κ1) is 18.3. The van der Waals surface area contributed by atoms with Crippen LogP contribution in [-0.2, 0) is 11.2 Å². The minimum atomic E-state index is -0.189. The topological polar surface area (TPSA) is 49.4 Å². The van der Waals surface area contributed by atoms with Gasteiger partial charge in [-0.15, -0.1) is 0 Å². The molecule has 126 valence electrons. The molecule has 4 nitrogen and oxygen atoms in total. The van der Waals surface area contributed by atoms with E-state index in [1.165, 1.54) is 4.90 Å². The van der Waals surface area contributed by atoms with Gasteiger partial charge in [0.15, 0.2) is 0 Å². The molecule has 2 rings (SSSR count). The summed E-state index contributed by atoms with van der Waals surface area (Å²) in [4.78, 5) is 25.6. The van der Waals surface area contributed by atoms with Gasteiger partial charge in [0.05, 0.1) is 10.7 Å². The molecule has 0 aliphatic rings. The smallest absolute Gasteiger partial charge is 0.253 e. The Balaban J connectivity index is 2.04. The van der Waals surface area contributed by atoms with Gasteiger partial charge in [0, 0.05) is 31.1 Å². The molecule has 0 spiro atoms. The maximum Gasteiger partial charge on any atom is 0.253 e. The number of amides is 2. The number of nitrogens with zero attached hydrogens (tertiary/aromatic N) is 1. The summed E-state index contributed by atoms with van der Waals surface area (Å²) in [5.74, 6) is -0.343. The van der Waals surface area contributed by atoms with Gasteiger partial charge in [-0.05, 0) is 36.2 Å². The van der Waals surface area contributed by atoms with E-state index < -0.39 is 0 Å². The van der Waals surface area contributed by atoms with E-state index in [0.29, 0.717) is 27.7 Å². The highest BCUT2D eigenvalue weighted by atomic mass is 35.5. The summed E-state index contributed by atoms with van der Waals surface area (Å²) in [6.45, 7) is 0. The van der Waals surface area contributed by atoms with E-state index in [0.717, 1.165) is 5.56 Å². The molecule has 2 amide bonds. The molecule has 0 bridgehead atoms. The third-order valence-corrected chi connectivity index (χ3v) is 4.17. The molecular weight excluding hydrogens is 347 g/mol. The summed E-state index contributed by atoms with van der Waals surface area (Å²) in [5.41, 5.74) is 1.80. The normalized spacial score (nSPS) is 10.3. The van der Waals surface area contributed by atoms with Gasteiger partial charge in [-0.25, -0.2) is 0 Å². The second kappa shape index (κ2) is 8.18. The number of nitrogens with one attached hydrogen (secondary N) is 1. The quantitative estimate of drug-likeness (QED) is 0.861. The molecule has 1 N–H and O–H groups in total. The average molecular weight is 365 g/mol. The summed E-state index contributed by atoms with van der Waals surface area (Å²) < 4.78 is 0. The molecule has 0 atom stereocenters. The zero-order valence-electron chi connectivity index (χ0n) is 13.5. The monoisotopic (exact) mass is 364 g/mol. The Bertz CT molecular complexity index is 760. The van der Waals surface area contributed by atoms with Crippen LogP contribution in [0.5, 0.6) is 0 Å². The lowest BCUT2D eigenvalue weighted by atomic mass is 10.1. The van der Waals surface area contributed by atoms with Crippen molar-refractivity contribution < 1.29 is 9.59 Å². The molecule has 0 saturated carbocycles. The van der Waals surface area contributed by atoms with Crippen LogP contribution in [0.15, 0.2) is 42.5 Å². The first-order chi connectivity index (χ1) is 11.4. The number of hydrogen-bond donors (Lipinski definition) is 1. The Morgan fingerprint density at radius 2 is 1.75 bits per heavy atom. The molecule has 0 unspecified atom stereocenters. The Hall–Kier alpha value is -2.04. The number of benzene rings is 2. The van der Waals surface area contributed by atoms with E-state index in [9.17, 15) is 9.59 Å². The third-order valence-electron chi connectivity index (χ3n) is 3.47. The number of aryl methyl sites for hydroxylation is 1. The van der Waals surface area contributed by atoms with Crippen molar-refractivity contribution in [1.82, 2.24) is 4.90 Å². The summed E-state index contributed by atoms with van der Waals surface area (Å²) in [6.07, 6.45) is 0.797. The number of halogens is 2. The Kier molecular flexibility index (Phi) is 6.23. The number of rotatable bonds is 5. The molecular formula is C18H18Cl2N2O2. The molecule has 0 aliphatic carbocycles. The molecule has 0 radical (unpaired) electrons. The van der Waals surface area contributed by atoms with Gasteiger partial charge in [0.25, 0.3) is 5.91 Å². The van der Waals surface area contributed by atoms with E-state index in [1.807, 2.05) is 18.2 Å². The number of hydrogen-bond acceptors (Lipinski definition) is 2. The molecule has 24 heavy (non-hydrogen) atoms. The van der Waals surface area contributed by atoms with Crippen molar-refractivity contribution in [1.29, 1.82) is 0 Å². The van der Waals surface area contributed by atoms with Crippen LogP contribution >= 0.6 is 23.2 Å². The van der Waals surface area contributed by atoms with Crippen molar-refractivity contribution in [3.05, 3.63) is 63.6 Å². The van der Waals surface area contributed by atoms with E-state index in [-0.39, 0.29) is 18.2 Å². The lowest BCUT2D eigenvalue weighted by Gasteiger charge is -2.13. The second-order valence-corrected chi connectivity index (χ2v) is 6.35. The van der Waals surface area contributed by atoms with Gasteiger partial charge in [-0.1, -0.05) is 41.4 Å². The lowest BCUT2D eigenvalue weighted by molar-refractivity contribution is -0.116. The molecule has 0 aromatic heterocycles. The highest BCUT2D eigenvalue weighted by Gasteiger charge is 2.13. The fourth-order valence-corrected chi connectivity index (χ4v) is 2.57. The van der Waals surface area contributed by atoms with Gasteiger partial charge in [-0.2, -0.15) is 0 Å². The fourth-order valence-electron chi connectivity index (χ4n) is 2.17. The van der Waals surface area contributed by atoms with E-state index in [1.54, 1.807) is 38.4 Å². The molecule has 2 aromatic rings. The van der Waals surface area contributed by atoms with Gasteiger partial charge in [0.1, 0.15) is 0 Å². The maximum atomic E-state index is 12.2. The highest BCUT2D eigenvalue weighted by molar-refractivity contribution is 6.34. The van der Waals surface area contributed by atoms with Gasteiger partial charge in [0.2, 0.25) is 5.91 Å². The third kappa shape index (κ3) is 4.73. The average Bonchev–Trinajstić information content (AvgIpc) is 2.55. The van der Waals surface area contributed by atoms with Crippen LogP contribution < -0.4 is 5.32 Å². The number of anilines is 1. The van der Waals surface area contributed by atoms with Crippen molar-refractivity contribution in [3.8, 4) is 0 Å². The molecule has 2 aromatic carbocycles. The van der Waals surface area contributed by atoms with Crippen molar-refractivity contribution in [2.75, 3.05) is 19.4 Å². The van der Waals surface area contributed by atoms with Crippen LogP contribution in [0.25, 0.3) is 0 Å².